The lowest BCUT2D eigenvalue weighted by molar-refractivity contribution is -0.127. The predicted molar refractivity (Wildman–Crippen MR) is 73.4 cm³/mol. The first-order valence-corrected chi connectivity index (χ1v) is 6.73. The molecular weight excluding hydrogens is 229 g/mol. The first-order valence-electron chi connectivity index (χ1n) is 6.73. The van der Waals surface area contributed by atoms with E-state index < -0.39 is 0 Å². The molecule has 1 aliphatic rings. The third-order valence-corrected chi connectivity index (χ3v) is 4.02. The van der Waals surface area contributed by atoms with Crippen molar-refractivity contribution in [1.82, 2.24) is 4.90 Å². The van der Waals surface area contributed by atoms with E-state index in [9.17, 15) is 4.79 Å². The SMILES string of the molecule is CC(=O)N(C)CCCCB1OC(C)(C)C(C)(C)O1. The van der Waals surface area contributed by atoms with Gasteiger partial charge in [0.05, 0.1) is 11.2 Å². The lowest BCUT2D eigenvalue weighted by atomic mass is 9.82. The van der Waals surface area contributed by atoms with Crippen molar-refractivity contribution in [1.29, 1.82) is 0 Å². The zero-order valence-electron chi connectivity index (χ0n) is 12.6. The Morgan fingerprint density at radius 2 is 1.61 bits per heavy atom. The average molecular weight is 255 g/mol. The second-order valence-corrected chi connectivity index (χ2v) is 6.12. The van der Waals surface area contributed by atoms with Gasteiger partial charge < -0.3 is 14.2 Å². The fourth-order valence-corrected chi connectivity index (χ4v) is 1.90. The fourth-order valence-electron chi connectivity index (χ4n) is 1.90. The topological polar surface area (TPSA) is 38.8 Å². The summed E-state index contributed by atoms with van der Waals surface area (Å²) in [4.78, 5) is 12.8. The summed E-state index contributed by atoms with van der Waals surface area (Å²) in [5.74, 6) is 0.116. The molecule has 0 bridgehead atoms. The van der Waals surface area contributed by atoms with Crippen LogP contribution in [0.3, 0.4) is 0 Å². The largest absolute Gasteiger partial charge is 0.457 e. The summed E-state index contributed by atoms with van der Waals surface area (Å²) >= 11 is 0. The van der Waals surface area contributed by atoms with Gasteiger partial charge in [-0.1, -0.05) is 6.42 Å². The fraction of sp³-hybridized carbons (Fsp3) is 0.923. The highest BCUT2D eigenvalue weighted by Crippen LogP contribution is 2.37. The van der Waals surface area contributed by atoms with Crippen LogP contribution in [0.25, 0.3) is 0 Å². The van der Waals surface area contributed by atoms with E-state index in [1.165, 1.54) is 0 Å². The molecule has 1 amide bonds. The second kappa shape index (κ2) is 5.62. The Morgan fingerprint density at radius 1 is 1.11 bits per heavy atom. The molecule has 0 N–H and O–H groups in total. The van der Waals surface area contributed by atoms with Crippen molar-refractivity contribution >= 4 is 13.0 Å². The van der Waals surface area contributed by atoms with E-state index in [2.05, 4.69) is 27.7 Å². The maximum Gasteiger partial charge on any atom is 0.457 e. The highest BCUT2D eigenvalue weighted by atomic mass is 16.7. The van der Waals surface area contributed by atoms with Crippen molar-refractivity contribution in [3.8, 4) is 0 Å². The summed E-state index contributed by atoms with van der Waals surface area (Å²) in [6.07, 6.45) is 2.88. The van der Waals surface area contributed by atoms with Crippen LogP contribution in [0.2, 0.25) is 6.32 Å². The van der Waals surface area contributed by atoms with Gasteiger partial charge in [-0.25, -0.2) is 0 Å². The summed E-state index contributed by atoms with van der Waals surface area (Å²) in [5, 5.41) is 0. The minimum atomic E-state index is -0.242. The molecule has 1 aliphatic heterocycles. The molecule has 1 rings (SSSR count). The Balaban J connectivity index is 2.25. The van der Waals surface area contributed by atoms with Gasteiger partial charge in [-0.15, -0.1) is 0 Å². The Morgan fingerprint density at radius 3 is 2.06 bits per heavy atom. The van der Waals surface area contributed by atoms with Crippen LogP contribution in [0.4, 0.5) is 0 Å². The summed E-state index contributed by atoms with van der Waals surface area (Å²) in [5.41, 5.74) is -0.484. The van der Waals surface area contributed by atoms with Crippen molar-refractivity contribution in [2.45, 2.75) is 65.0 Å². The van der Waals surface area contributed by atoms with E-state index in [-0.39, 0.29) is 24.2 Å². The number of nitrogens with zero attached hydrogens (tertiary/aromatic N) is 1. The number of hydrogen-bond donors (Lipinski definition) is 0. The van der Waals surface area contributed by atoms with E-state index in [4.69, 9.17) is 9.31 Å². The summed E-state index contributed by atoms with van der Waals surface area (Å²) in [6, 6.07) is 0. The highest BCUT2D eigenvalue weighted by molar-refractivity contribution is 6.45. The number of carbonyl (C=O) groups excluding carboxylic acids is 1. The third-order valence-electron chi connectivity index (χ3n) is 4.02. The van der Waals surface area contributed by atoms with Crippen LogP contribution in [0.15, 0.2) is 0 Å². The number of hydrogen-bond acceptors (Lipinski definition) is 3. The predicted octanol–water partition coefficient (Wildman–Crippen LogP) is 2.34. The molecule has 0 aliphatic carbocycles. The van der Waals surface area contributed by atoms with Gasteiger partial charge in [0, 0.05) is 20.5 Å². The number of carbonyl (C=O) groups is 1. The van der Waals surface area contributed by atoms with Crippen molar-refractivity contribution in [3.63, 3.8) is 0 Å². The molecule has 104 valence electrons. The Labute approximate surface area is 111 Å². The lowest BCUT2D eigenvalue weighted by Gasteiger charge is -2.32. The number of rotatable bonds is 5. The van der Waals surface area contributed by atoms with Crippen LogP contribution < -0.4 is 0 Å². The maximum atomic E-state index is 11.0. The van der Waals surface area contributed by atoms with Crippen LogP contribution in [-0.2, 0) is 14.1 Å². The molecule has 0 spiro atoms. The first kappa shape index (κ1) is 15.5. The van der Waals surface area contributed by atoms with Gasteiger partial charge in [0.1, 0.15) is 0 Å². The molecule has 18 heavy (non-hydrogen) atoms. The normalized spacial score (nSPS) is 21.1. The smallest absolute Gasteiger partial charge is 0.403 e. The zero-order chi connectivity index (χ0) is 14.0. The Kier molecular flexibility index (Phi) is 4.84. The minimum absolute atomic E-state index is 0.113. The van der Waals surface area contributed by atoms with Gasteiger partial charge >= 0.3 is 7.12 Å². The van der Waals surface area contributed by atoms with E-state index >= 15 is 0 Å². The maximum absolute atomic E-state index is 11.0. The van der Waals surface area contributed by atoms with Gasteiger partial charge in [0.2, 0.25) is 5.91 Å². The van der Waals surface area contributed by atoms with Crippen molar-refractivity contribution < 1.29 is 14.1 Å². The molecule has 0 saturated carbocycles. The molecule has 0 aromatic heterocycles. The van der Waals surface area contributed by atoms with Gasteiger partial charge in [-0.2, -0.15) is 0 Å². The molecule has 1 heterocycles. The molecule has 5 heteroatoms. The molecular formula is C13H26BNO3. The highest BCUT2D eigenvalue weighted by Gasteiger charge is 2.50. The third kappa shape index (κ3) is 3.72. The monoisotopic (exact) mass is 255 g/mol. The molecule has 0 unspecified atom stereocenters. The van der Waals surface area contributed by atoms with Crippen LogP contribution in [0.5, 0.6) is 0 Å². The van der Waals surface area contributed by atoms with Gasteiger partial charge in [-0.05, 0) is 40.4 Å². The molecule has 1 fully saturated rings. The Bertz CT molecular complexity index is 289. The van der Waals surface area contributed by atoms with Crippen molar-refractivity contribution in [2.24, 2.45) is 0 Å². The van der Waals surface area contributed by atoms with Gasteiger partial charge in [0.25, 0.3) is 0 Å². The minimum Gasteiger partial charge on any atom is -0.403 e. The molecule has 1 saturated heterocycles. The van der Waals surface area contributed by atoms with E-state index in [0.29, 0.717) is 0 Å². The van der Waals surface area contributed by atoms with Crippen LogP contribution >= 0.6 is 0 Å². The van der Waals surface area contributed by atoms with E-state index in [1.54, 1.807) is 11.8 Å². The standard InChI is InChI=1S/C13H26BNO3/c1-11(16)15(6)10-8-7-9-14-17-12(2,3)13(4,5)18-14/h7-10H2,1-6H3. The second-order valence-electron chi connectivity index (χ2n) is 6.12. The van der Waals surface area contributed by atoms with Crippen LogP contribution in [-0.4, -0.2) is 42.7 Å². The van der Waals surface area contributed by atoms with E-state index in [1.807, 2.05) is 7.05 Å². The molecule has 4 nitrogen and oxygen atoms in total. The quantitative estimate of drug-likeness (QED) is 0.559. The van der Waals surface area contributed by atoms with Crippen LogP contribution in [0, 0.1) is 0 Å². The summed E-state index contributed by atoms with van der Waals surface area (Å²) in [7, 11) is 1.72. The van der Waals surface area contributed by atoms with Crippen LogP contribution in [0.1, 0.15) is 47.5 Å². The zero-order valence-corrected chi connectivity index (χ0v) is 12.6. The van der Waals surface area contributed by atoms with Crippen molar-refractivity contribution in [2.75, 3.05) is 13.6 Å². The Hall–Kier alpha value is -0.545. The number of unbranched alkanes of at least 4 members (excludes halogenated alkanes) is 1. The van der Waals surface area contributed by atoms with Crippen molar-refractivity contribution in [3.05, 3.63) is 0 Å². The summed E-state index contributed by atoms with van der Waals surface area (Å²) in [6.45, 7) is 10.7. The molecule has 0 atom stereocenters. The first-order chi connectivity index (χ1) is 8.16. The average Bonchev–Trinajstić information content (AvgIpc) is 2.42. The number of amides is 1. The molecule has 0 aromatic carbocycles. The molecule has 0 radical (unpaired) electrons. The lowest BCUT2D eigenvalue weighted by Crippen LogP contribution is -2.41. The van der Waals surface area contributed by atoms with Gasteiger partial charge in [-0.3, -0.25) is 4.79 Å². The van der Waals surface area contributed by atoms with E-state index in [0.717, 1.165) is 25.7 Å². The summed E-state index contributed by atoms with van der Waals surface area (Å²) < 4.78 is 11.8. The molecule has 0 aromatic rings. The van der Waals surface area contributed by atoms with Gasteiger partial charge in [0.15, 0.2) is 0 Å².